The van der Waals surface area contributed by atoms with E-state index in [1.807, 2.05) is 18.2 Å². The molecule has 1 saturated heterocycles. The lowest BCUT2D eigenvalue weighted by Crippen LogP contribution is -2.41. The zero-order valence-electron chi connectivity index (χ0n) is 12.1. The molecule has 2 rings (SSSR count). The predicted octanol–water partition coefficient (Wildman–Crippen LogP) is 2.51. The van der Waals surface area contributed by atoms with Crippen LogP contribution in [0.15, 0.2) is 18.2 Å². The summed E-state index contributed by atoms with van der Waals surface area (Å²) in [4.78, 5) is 0. The minimum atomic E-state index is -0.109. The Balaban J connectivity index is 2.12. The van der Waals surface area contributed by atoms with Crippen molar-refractivity contribution in [3.63, 3.8) is 0 Å². The number of halogens is 1. The largest absolute Gasteiger partial charge is 0.496 e. The van der Waals surface area contributed by atoms with Gasteiger partial charge in [-0.2, -0.15) is 0 Å². The van der Waals surface area contributed by atoms with Crippen LogP contribution in [0.25, 0.3) is 0 Å². The van der Waals surface area contributed by atoms with Crippen LogP contribution in [-0.2, 0) is 4.74 Å². The zero-order valence-corrected chi connectivity index (χ0v) is 12.9. The summed E-state index contributed by atoms with van der Waals surface area (Å²) in [6.45, 7) is 4.17. The molecular weight excluding hydrogens is 276 g/mol. The monoisotopic (exact) mass is 298 g/mol. The summed E-state index contributed by atoms with van der Waals surface area (Å²) < 4.78 is 11.2. The van der Waals surface area contributed by atoms with Crippen LogP contribution in [0.5, 0.6) is 5.75 Å². The van der Waals surface area contributed by atoms with Gasteiger partial charge in [0.1, 0.15) is 5.75 Å². The maximum absolute atomic E-state index is 6.30. The molecule has 0 aliphatic carbocycles. The SMILES string of the molecule is COc1cccc(Cl)c1C(CN)NCC1(C)CCCO1. The molecule has 1 heterocycles. The average Bonchev–Trinajstić information content (AvgIpc) is 2.88. The molecule has 112 valence electrons. The van der Waals surface area contributed by atoms with Gasteiger partial charge in [0, 0.05) is 36.3 Å². The molecule has 0 aromatic heterocycles. The Morgan fingerprint density at radius 1 is 1.55 bits per heavy atom. The molecule has 0 bridgehead atoms. The molecule has 4 nitrogen and oxygen atoms in total. The highest BCUT2D eigenvalue weighted by Gasteiger charge is 2.30. The summed E-state index contributed by atoms with van der Waals surface area (Å²) in [6, 6.07) is 5.59. The van der Waals surface area contributed by atoms with Gasteiger partial charge in [-0.15, -0.1) is 0 Å². The van der Waals surface area contributed by atoms with Crippen LogP contribution in [0.4, 0.5) is 0 Å². The highest BCUT2D eigenvalue weighted by molar-refractivity contribution is 6.31. The van der Waals surface area contributed by atoms with Crippen molar-refractivity contribution < 1.29 is 9.47 Å². The lowest BCUT2D eigenvalue weighted by molar-refractivity contribution is 0.0188. The minimum absolute atomic E-state index is 0.0420. The van der Waals surface area contributed by atoms with Gasteiger partial charge in [-0.1, -0.05) is 17.7 Å². The lowest BCUT2D eigenvalue weighted by Gasteiger charge is -2.28. The van der Waals surface area contributed by atoms with Gasteiger partial charge in [-0.3, -0.25) is 0 Å². The van der Waals surface area contributed by atoms with E-state index >= 15 is 0 Å². The van der Waals surface area contributed by atoms with Gasteiger partial charge in [0.2, 0.25) is 0 Å². The Morgan fingerprint density at radius 2 is 2.35 bits per heavy atom. The van der Waals surface area contributed by atoms with E-state index in [1.54, 1.807) is 7.11 Å². The van der Waals surface area contributed by atoms with E-state index in [4.69, 9.17) is 26.8 Å². The Kier molecular flexibility index (Phi) is 5.27. The molecule has 1 fully saturated rings. The second-order valence-corrected chi connectivity index (χ2v) is 5.83. The van der Waals surface area contributed by atoms with E-state index < -0.39 is 0 Å². The highest BCUT2D eigenvalue weighted by atomic mass is 35.5. The molecule has 0 spiro atoms. The van der Waals surface area contributed by atoms with Gasteiger partial charge < -0.3 is 20.5 Å². The van der Waals surface area contributed by atoms with Gasteiger partial charge in [-0.05, 0) is 31.9 Å². The third-order valence-electron chi connectivity index (χ3n) is 3.84. The summed E-state index contributed by atoms with van der Waals surface area (Å²) in [5.74, 6) is 0.762. The fraction of sp³-hybridized carbons (Fsp3) is 0.600. The van der Waals surface area contributed by atoms with Crippen LogP contribution in [0, 0.1) is 0 Å². The molecule has 1 aliphatic heterocycles. The van der Waals surface area contributed by atoms with E-state index in [-0.39, 0.29) is 11.6 Å². The van der Waals surface area contributed by atoms with Crippen LogP contribution >= 0.6 is 11.6 Å². The van der Waals surface area contributed by atoms with Crippen molar-refractivity contribution in [1.29, 1.82) is 0 Å². The van der Waals surface area contributed by atoms with E-state index in [1.165, 1.54) is 0 Å². The van der Waals surface area contributed by atoms with Crippen LogP contribution in [0.2, 0.25) is 5.02 Å². The van der Waals surface area contributed by atoms with E-state index in [9.17, 15) is 0 Å². The Labute approximate surface area is 125 Å². The van der Waals surface area contributed by atoms with Crippen molar-refractivity contribution in [3.05, 3.63) is 28.8 Å². The van der Waals surface area contributed by atoms with Crippen molar-refractivity contribution in [2.75, 3.05) is 26.8 Å². The first-order valence-corrected chi connectivity index (χ1v) is 7.37. The average molecular weight is 299 g/mol. The molecule has 5 heteroatoms. The predicted molar refractivity (Wildman–Crippen MR) is 81.4 cm³/mol. The summed E-state index contributed by atoms with van der Waals surface area (Å²) in [5.41, 5.74) is 6.72. The molecule has 2 atom stereocenters. The fourth-order valence-corrected chi connectivity index (χ4v) is 2.95. The number of hydrogen-bond acceptors (Lipinski definition) is 4. The van der Waals surface area contributed by atoms with E-state index in [0.717, 1.165) is 37.3 Å². The molecule has 1 aliphatic rings. The molecular formula is C15H23ClN2O2. The molecule has 1 aromatic rings. The first kappa shape index (κ1) is 15.6. The quantitative estimate of drug-likeness (QED) is 0.847. The molecule has 20 heavy (non-hydrogen) atoms. The molecule has 3 N–H and O–H groups in total. The van der Waals surface area contributed by atoms with Crippen molar-refractivity contribution in [2.24, 2.45) is 5.73 Å². The molecule has 1 aromatic carbocycles. The first-order chi connectivity index (χ1) is 9.59. The second-order valence-electron chi connectivity index (χ2n) is 5.43. The topological polar surface area (TPSA) is 56.5 Å². The summed E-state index contributed by atoms with van der Waals surface area (Å²) in [5, 5.41) is 4.14. The van der Waals surface area contributed by atoms with Crippen LogP contribution < -0.4 is 15.8 Å². The van der Waals surface area contributed by atoms with Crippen molar-refractivity contribution in [2.45, 2.75) is 31.4 Å². The number of methoxy groups -OCH3 is 1. The van der Waals surface area contributed by atoms with Gasteiger partial charge in [0.25, 0.3) is 0 Å². The van der Waals surface area contributed by atoms with Gasteiger partial charge in [0.15, 0.2) is 0 Å². The van der Waals surface area contributed by atoms with Gasteiger partial charge >= 0.3 is 0 Å². The fourth-order valence-electron chi connectivity index (χ4n) is 2.65. The van der Waals surface area contributed by atoms with Crippen molar-refractivity contribution in [3.8, 4) is 5.75 Å². The maximum atomic E-state index is 6.30. The van der Waals surface area contributed by atoms with Crippen molar-refractivity contribution >= 4 is 11.6 Å². The molecule has 2 unspecified atom stereocenters. The minimum Gasteiger partial charge on any atom is -0.496 e. The standard InChI is InChI=1S/C15H23ClN2O2/c1-15(7-4-8-20-15)10-18-12(9-17)14-11(16)5-3-6-13(14)19-2/h3,5-6,12,18H,4,7-10,17H2,1-2H3. The normalized spacial score (nSPS) is 23.8. The van der Waals surface area contributed by atoms with Crippen LogP contribution in [0.1, 0.15) is 31.4 Å². The maximum Gasteiger partial charge on any atom is 0.125 e. The lowest BCUT2D eigenvalue weighted by atomic mass is 10.0. The summed E-state index contributed by atoms with van der Waals surface area (Å²) >= 11 is 6.30. The smallest absolute Gasteiger partial charge is 0.125 e. The third-order valence-corrected chi connectivity index (χ3v) is 4.17. The second kappa shape index (κ2) is 6.76. The summed E-state index contributed by atoms with van der Waals surface area (Å²) in [7, 11) is 1.64. The molecule has 0 radical (unpaired) electrons. The van der Waals surface area contributed by atoms with Gasteiger partial charge in [0.05, 0.1) is 12.7 Å². The number of benzene rings is 1. The van der Waals surface area contributed by atoms with Gasteiger partial charge in [-0.25, -0.2) is 0 Å². The number of rotatable bonds is 6. The molecule has 0 saturated carbocycles. The Morgan fingerprint density at radius 3 is 2.95 bits per heavy atom. The number of nitrogens with two attached hydrogens (primary N) is 1. The number of ether oxygens (including phenoxy) is 2. The number of hydrogen-bond donors (Lipinski definition) is 2. The third kappa shape index (κ3) is 3.44. The van der Waals surface area contributed by atoms with E-state index in [2.05, 4.69) is 12.2 Å². The Hall–Kier alpha value is -0.810. The summed E-state index contributed by atoms with van der Waals surface area (Å²) in [6.07, 6.45) is 2.18. The first-order valence-electron chi connectivity index (χ1n) is 6.99. The Bertz CT molecular complexity index is 447. The zero-order chi connectivity index (χ0) is 14.6. The highest BCUT2D eigenvalue weighted by Crippen LogP contribution is 2.32. The van der Waals surface area contributed by atoms with Crippen LogP contribution in [0.3, 0.4) is 0 Å². The van der Waals surface area contributed by atoms with Crippen molar-refractivity contribution in [1.82, 2.24) is 5.32 Å². The molecule has 0 amide bonds. The van der Waals surface area contributed by atoms with E-state index in [0.29, 0.717) is 11.6 Å². The number of nitrogens with one attached hydrogen (secondary N) is 1. The van der Waals surface area contributed by atoms with Crippen LogP contribution in [-0.4, -0.2) is 32.4 Å².